The van der Waals surface area contributed by atoms with E-state index in [0.29, 0.717) is 18.4 Å². The van der Waals surface area contributed by atoms with E-state index >= 15 is 0 Å². The third kappa shape index (κ3) is 4.91. The van der Waals surface area contributed by atoms with Crippen LogP contribution < -0.4 is 0 Å². The van der Waals surface area contributed by atoms with Gasteiger partial charge in [-0.3, -0.25) is 9.59 Å². The van der Waals surface area contributed by atoms with E-state index in [1.54, 1.807) is 0 Å². The molecule has 10 heteroatoms. The Kier molecular flexibility index (Phi) is 6.57. The minimum atomic E-state index is -4.53. The molecule has 0 saturated carbocycles. The maximum atomic E-state index is 12.6. The molecule has 1 aliphatic carbocycles. The number of hydrogen-bond acceptors (Lipinski definition) is 6. The Labute approximate surface area is 156 Å². The van der Waals surface area contributed by atoms with Crippen molar-refractivity contribution in [1.29, 1.82) is 0 Å². The molecule has 2 unspecified atom stereocenters. The first-order valence-electron chi connectivity index (χ1n) is 7.50. The van der Waals surface area contributed by atoms with Gasteiger partial charge in [-0.2, -0.15) is 13.2 Å². The van der Waals surface area contributed by atoms with E-state index in [1.165, 1.54) is 7.11 Å². The number of aromatic nitrogens is 1. The van der Waals surface area contributed by atoms with Gasteiger partial charge in [-0.1, -0.05) is 11.6 Å². The molecular weight excluding hydrogens is 395 g/mol. The highest BCUT2D eigenvalue weighted by Gasteiger charge is 2.37. The quantitative estimate of drug-likeness (QED) is 0.584. The molecule has 1 aromatic heterocycles. The van der Waals surface area contributed by atoms with Crippen molar-refractivity contribution in [3.63, 3.8) is 0 Å². The molecule has 1 aromatic rings. The van der Waals surface area contributed by atoms with Gasteiger partial charge in [-0.15, -0.1) is 11.8 Å². The van der Waals surface area contributed by atoms with E-state index in [2.05, 4.69) is 9.72 Å². The van der Waals surface area contributed by atoms with Crippen molar-refractivity contribution in [3.05, 3.63) is 34.7 Å². The third-order valence-corrected chi connectivity index (χ3v) is 5.32. The lowest BCUT2D eigenvalue weighted by atomic mass is 9.80. The van der Waals surface area contributed by atoms with Crippen LogP contribution in [0, 0.1) is 11.8 Å². The minimum Gasteiger partial charge on any atom is -0.511 e. The second-order valence-electron chi connectivity index (χ2n) is 5.65. The smallest absolute Gasteiger partial charge is 0.417 e. The number of hydrogen-bond donors (Lipinski definition) is 1. The summed E-state index contributed by atoms with van der Waals surface area (Å²) in [5.41, 5.74) is -0.939. The first-order chi connectivity index (χ1) is 12.1. The molecule has 0 aromatic carbocycles. The number of allylic oxidation sites excluding steroid dienone is 1. The zero-order valence-electron chi connectivity index (χ0n) is 13.5. The van der Waals surface area contributed by atoms with Gasteiger partial charge in [0.1, 0.15) is 16.7 Å². The Bertz CT molecular complexity index is 739. The zero-order valence-corrected chi connectivity index (χ0v) is 15.1. The fourth-order valence-electron chi connectivity index (χ4n) is 2.63. The number of thioether (sulfide) groups is 1. The van der Waals surface area contributed by atoms with Crippen molar-refractivity contribution in [2.24, 2.45) is 11.8 Å². The molecule has 0 radical (unpaired) electrons. The molecule has 0 spiro atoms. The molecule has 0 amide bonds. The van der Waals surface area contributed by atoms with Crippen molar-refractivity contribution < 1.29 is 32.6 Å². The number of ketones is 1. The largest absolute Gasteiger partial charge is 0.511 e. The summed E-state index contributed by atoms with van der Waals surface area (Å²) < 4.78 is 42.5. The monoisotopic (exact) mass is 409 g/mol. The van der Waals surface area contributed by atoms with Gasteiger partial charge in [-0.25, -0.2) is 4.98 Å². The van der Waals surface area contributed by atoms with E-state index in [9.17, 15) is 27.9 Å². The van der Waals surface area contributed by atoms with Crippen LogP contribution in [0.5, 0.6) is 0 Å². The summed E-state index contributed by atoms with van der Waals surface area (Å²) in [6.07, 6.45) is -2.41. The Morgan fingerprint density at radius 1 is 1.50 bits per heavy atom. The number of halogens is 4. The van der Waals surface area contributed by atoms with Crippen LogP contribution in [0.15, 0.2) is 29.1 Å². The number of alkyl halides is 3. The molecule has 0 bridgehead atoms. The summed E-state index contributed by atoms with van der Waals surface area (Å²) in [5.74, 6) is -2.35. The lowest BCUT2D eigenvalue weighted by Crippen LogP contribution is -2.32. The number of methoxy groups -OCH3 is 1. The van der Waals surface area contributed by atoms with E-state index in [0.717, 1.165) is 23.9 Å². The van der Waals surface area contributed by atoms with Crippen LogP contribution in [0.4, 0.5) is 13.2 Å². The Hall–Kier alpha value is -1.74. The number of carbonyl (C=O) groups is 2. The Morgan fingerprint density at radius 3 is 2.77 bits per heavy atom. The van der Waals surface area contributed by atoms with Gasteiger partial charge in [0.25, 0.3) is 0 Å². The second kappa shape index (κ2) is 8.30. The summed E-state index contributed by atoms with van der Waals surface area (Å²) in [6, 6.07) is 0.798. The summed E-state index contributed by atoms with van der Waals surface area (Å²) >= 11 is 6.95. The van der Waals surface area contributed by atoms with Crippen LogP contribution in [0.25, 0.3) is 0 Å². The maximum Gasteiger partial charge on any atom is 0.417 e. The van der Waals surface area contributed by atoms with Crippen LogP contribution >= 0.6 is 23.4 Å². The molecular formula is C16H15ClF3NO4S. The molecule has 26 heavy (non-hydrogen) atoms. The number of carbonyl (C=O) groups excluding carboxylic acids is 2. The van der Waals surface area contributed by atoms with E-state index in [4.69, 9.17) is 11.6 Å². The molecule has 1 aliphatic rings. The first-order valence-corrected chi connectivity index (χ1v) is 8.86. The number of ether oxygens (including phenoxy) is 1. The average molecular weight is 410 g/mol. The lowest BCUT2D eigenvalue weighted by Gasteiger charge is -2.27. The molecule has 1 heterocycles. The minimum absolute atomic E-state index is 0.0680. The number of rotatable bonds is 5. The standard InChI is InChI=1S/C16H15ClF3NO4S/c1-25-15(24)13-8(4-10(22)6-12(13)23)2-3-26-14-11(17)5-9(7-21-14)16(18,19)20/h5-8,13,23H,2-4H2,1H3. The molecule has 142 valence electrons. The number of nitrogens with zero attached hydrogens (tertiary/aromatic N) is 1. The lowest BCUT2D eigenvalue weighted by molar-refractivity contribution is -0.147. The topological polar surface area (TPSA) is 76.5 Å². The number of pyridine rings is 1. The van der Waals surface area contributed by atoms with Gasteiger partial charge in [0.15, 0.2) is 5.78 Å². The second-order valence-corrected chi connectivity index (χ2v) is 7.14. The summed E-state index contributed by atoms with van der Waals surface area (Å²) in [7, 11) is 1.18. The molecule has 2 rings (SSSR count). The average Bonchev–Trinajstić information content (AvgIpc) is 2.54. The molecule has 0 fully saturated rings. The fraction of sp³-hybridized carbons (Fsp3) is 0.438. The van der Waals surface area contributed by atoms with Crippen LogP contribution in [0.1, 0.15) is 18.4 Å². The van der Waals surface area contributed by atoms with E-state index in [1.807, 2.05) is 0 Å². The Morgan fingerprint density at radius 2 is 2.19 bits per heavy atom. The Balaban J connectivity index is 2.03. The number of aliphatic hydroxyl groups is 1. The first kappa shape index (κ1) is 20.6. The van der Waals surface area contributed by atoms with Crippen LogP contribution in [-0.4, -0.2) is 34.7 Å². The van der Waals surface area contributed by atoms with Gasteiger partial charge in [0.05, 0.1) is 17.7 Å². The highest BCUT2D eigenvalue weighted by Crippen LogP contribution is 2.36. The summed E-state index contributed by atoms with van der Waals surface area (Å²) in [6.45, 7) is 0. The van der Waals surface area contributed by atoms with Gasteiger partial charge in [0, 0.05) is 18.7 Å². The maximum absolute atomic E-state index is 12.6. The van der Waals surface area contributed by atoms with Crippen molar-refractivity contribution in [3.8, 4) is 0 Å². The van der Waals surface area contributed by atoms with E-state index < -0.39 is 29.5 Å². The van der Waals surface area contributed by atoms with Crippen molar-refractivity contribution in [2.75, 3.05) is 12.9 Å². The molecule has 5 nitrogen and oxygen atoms in total. The van der Waals surface area contributed by atoms with Gasteiger partial charge in [-0.05, 0) is 24.2 Å². The van der Waals surface area contributed by atoms with Crippen LogP contribution in [0.3, 0.4) is 0 Å². The fourth-order valence-corrected chi connectivity index (χ4v) is 3.90. The number of esters is 1. The normalized spacial score (nSPS) is 20.7. The van der Waals surface area contributed by atoms with Gasteiger partial charge in [0.2, 0.25) is 0 Å². The SMILES string of the molecule is COC(=O)C1C(O)=CC(=O)CC1CCSc1ncc(C(F)(F)F)cc1Cl. The van der Waals surface area contributed by atoms with Crippen LogP contribution in [-0.2, 0) is 20.5 Å². The van der Waals surface area contributed by atoms with E-state index in [-0.39, 0.29) is 28.0 Å². The summed E-state index contributed by atoms with van der Waals surface area (Å²) in [4.78, 5) is 27.2. The molecule has 1 N–H and O–H groups in total. The van der Waals surface area contributed by atoms with Gasteiger partial charge < -0.3 is 9.84 Å². The molecule has 2 atom stereocenters. The van der Waals surface area contributed by atoms with Gasteiger partial charge >= 0.3 is 12.1 Å². The van der Waals surface area contributed by atoms with Crippen LogP contribution in [0.2, 0.25) is 5.02 Å². The van der Waals surface area contributed by atoms with Crippen molar-refractivity contribution >= 4 is 35.1 Å². The predicted octanol–water partition coefficient (Wildman–Crippen LogP) is 4.06. The number of aliphatic hydroxyl groups excluding tert-OH is 1. The van der Waals surface area contributed by atoms with Crippen molar-refractivity contribution in [1.82, 2.24) is 4.98 Å². The predicted molar refractivity (Wildman–Crippen MR) is 88.9 cm³/mol. The highest BCUT2D eigenvalue weighted by atomic mass is 35.5. The molecule has 0 saturated heterocycles. The summed E-state index contributed by atoms with van der Waals surface area (Å²) in [5, 5.41) is 9.96. The van der Waals surface area contributed by atoms with Crippen molar-refractivity contribution in [2.45, 2.75) is 24.0 Å². The third-order valence-electron chi connectivity index (χ3n) is 3.88. The highest BCUT2D eigenvalue weighted by molar-refractivity contribution is 7.99. The zero-order chi connectivity index (χ0) is 19.5. The molecule has 0 aliphatic heterocycles.